The summed E-state index contributed by atoms with van der Waals surface area (Å²) in [6, 6.07) is 0. The van der Waals surface area contributed by atoms with E-state index < -0.39 is 17.6 Å². The number of hydrogen-bond donors (Lipinski definition) is 1. The van der Waals surface area contributed by atoms with Crippen LogP contribution in [0.15, 0.2) is 0 Å². The van der Waals surface area contributed by atoms with E-state index in [1.54, 1.807) is 0 Å². The van der Waals surface area contributed by atoms with E-state index in [4.69, 9.17) is 5.73 Å². The van der Waals surface area contributed by atoms with Gasteiger partial charge in [-0.25, -0.2) is 4.68 Å². The molecule has 102 valence electrons. The van der Waals surface area contributed by atoms with Crippen LogP contribution in [0, 0.1) is 0 Å². The summed E-state index contributed by atoms with van der Waals surface area (Å²) in [5.74, 6) is 0. The maximum Gasteiger partial charge on any atom is 0.435 e. The van der Waals surface area contributed by atoms with Crippen LogP contribution in [0.25, 0.3) is 0 Å². The van der Waals surface area contributed by atoms with Crippen molar-refractivity contribution in [2.24, 2.45) is 5.73 Å². The summed E-state index contributed by atoms with van der Waals surface area (Å²) in [5.41, 5.74) is 3.81. The average Bonchev–Trinajstić information content (AvgIpc) is 2.68. The molecule has 18 heavy (non-hydrogen) atoms. The predicted octanol–water partition coefficient (Wildman–Crippen LogP) is 2.51. The minimum atomic E-state index is -4.55. The molecule has 0 spiro atoms. The lowest BCUT2D eigenvalue weighted by molar-refractivity contribution is -0.144. The first-order valence-electron chi connectivity index (χ1n) is 5.68. The molecular weight excluding hydrogens is 265 g/mol. The normalized spacial score (nSPS) is 11.8. The highest BCUT2D eigenvalue weighted by molar-refractivity contribution is 7.80. The Hall–Kier alpha value is -1.18. The molecule has 1 heterocycles. The van der Waals surface area contributed by atoms with Gasteiger partial charge < -0.3 is 5.73 Å². The summed E-state index contributed by atoms with van der Waals surface area (Å²) < 4.78 is 39.4. The highest BCUT2D eigenvalue weighted by Crippen LogP contribution is 2.31. The topological polar surface area (TPSA) is 56.7 Å². The molecule has 0 aromatic carbocycles. The van der Waals surface area contributed by atoms with Gasteiger partial charge in [0.25, 0.3) is 0 Å². The summed E-state index contributed by atoms with van der Waals surface area (Å²) in [5, 5.41) is 6.89. The van der Waals surface area contributed by atoms with E-state index in [0.29, 0.717) is 6.42 Å². The largest absolute Gasteiger partial charge is 0.435 e. The molecular formula is C10H15F3N4S. The van der Waals surface area contributed by atoms with Gasteiger partial charge in [-0.05, 0) is 6.42 Å². The molecule has 1 rings (SSSR count). The number of nitrogens with two attached hydrogens (primary N) is 1. The predicted molar refractivity (Wildman–Crippen MR) is 65.1 cm³/mol. The van der Waals surface area contributed by atoms with Gasteiger partial charge in [-0.15, -0.1) is 5.10 Å². The van der Waals surface area contributed by atoms with Crippen LogP contribution in [0.5, 0.6) is 0 Å². The number of hydrogen-bond acceptors (Lipinski definition) is 3. The van der Waals surface area contributed by atoms with Gasteiger partial charge >= 0.3 is 6.18 Å². The summed E-state index contributed by atoms with van der Waals surface area (Å²) in [7, 11) is 0. The zero-order valence-corrected chi connectivity index (χ0v) is 10.8. The standard InChI is InChI=1S/C10H15F3N4S/c1-2-3-4-5-6-17-8(10(11,12)13)7(9(14)18)15-16-17/h2-6H2,1H3,(H2,14,18). The van der Waals surface area contributed by atoms with Gasteiger partial charge in [0.2, 0.25) is 0 Å². The van der Waals surface area contributed by atoms with Crippen LogP contribution in [-0.2, 0) is 12.7 Å². The number of alkyl halides is 3. The highest BCUT2D eigenvalue weighted by atomic mass is 32.1. The Labute approximate surface area is 108 Å². The molecule has 0 saturated carbocycles. The fourth-order valence-electron chi connectivity index (χ4n) is 1.60. The molecule has 0 atom stereocenters. The lowest BCUT2D eigenvalue weighted by Gasteiger charge is -2.10. The highest BCUT2D eigenvalue weighted by Gasteiger charge is 2.39. The van der Waals surface area contributed by atoms with Crippen molar-refractivity contribution >= 4 is 17.2 Å². The van der Waals surface area contributed by atoms with Crippen LogP contribution >= 0.6 is 12.2 Å². The lowest BCUT2D eigenvalue weighted by atomic mass is 10.2. The van der Waals surface area contributed by atoms with E-state index in [9.17, 15) is 13.2 Å². The van der Waals surface area contributed by atoms with E-state index in [1.165, 1.54) is 0 Å². The van der Waals surface area contributed by atoms with Crippen molar-refractivity contribution in [1.29, 1.82) is 0 Å². The third-order valence-electron chi connectivity index (χ3n) is 2.46. The van der Waals surface area contributed by atoms with E-state index in [1.807, 2.05) is 6.92 Å². The van der Waals surface area contributed by atoms with Gasteiger partial charge in [-0.1, -0.05) is 43.6 Å². The Morgan fingerprint density at radius 2 is 2.00 bits per heavy atom. The monoisotopic (exact) mass is 280 g/mol. The van der Waals surface area contributed by atoms with Crippen molar-refractivity contribution in [1.82, 2.24) is 15.0 Å². The third kappa shape index (κ3) is 3.66. The van der Waals surface area contributed by atoms with Crippen molar-refractivity contribution in [3.05, 3.63) is 11.4 Å². The van der Waals surface area contributed by atoms with Gasteiger partial charge in [0, 0.05) is 6.54 Å². The minimum absolute atomic E-state index is 0.171. The van der Waals surface area contributed by atoms with E-state index in [2.05, 4.69) is 22.5 Å². The number of aromatic nitrogens is 3. The fraction of sp³-hybridized carbons (Fsp3) is 0.700. The molecule has 0 aliphatic heterocycles. The molecule has 0 bridgehead atoms. The van der Waals surface area contributed by atoms with Gasteiger partial charge in [0.05, 0.1) is 0 Å². The van der Waals surface area contributed by atoms with Crippen LogP contribution in [-0.4, -0.2) is 20.0 Å². The van der Waals surface area contributed by atoms with Crippen molar-refractivity contribution in [3.8, 4) is 0 Å². The first-order valence-corrected chi connectivity index (χ1v) is 6.09. The maximum atomic E-state index is 12.9. The molecule has 0 aliphatic rings. The maximum absolute atomic E-state index is 12.9. The van der Waals surface area contributed by atoms with Crippen molar-refractivity contribution in [3.63, 3.8) is 0 Å². The summed E-state index contributed by atoms with van der Waals surface area (Å²) >= 11 is 4.55. The van der Waals surface area contributed by atoms with Crippen LogP contribution in [0.2, 0.25) is 0 Å². The van der Waals surface area contributed by atoms with Crippen molar-refractivity contribution in [2.75, 3.05) is 0 Å². The molecule has 8 heteroatoms. The van der Waals surface area contributed by atoms with Crippen molar-refractivity contribution < 1.29 is 13.2 Å². The SMILES string of the molecule is CCCCCCn1nnc(C(N)=S)c1C(F)(F)F. The third-order valence-corrected chi connectivity index (χ3v) is 2.65. The van der Waals surface area contributed by atoms with E-state index >= 15 is 0 Å². The number of unbranched alkanes of at least 4 members (excludes halogenated alkanes) is 3. The fourth-order valence-corrected chi connectivity index (χ4v) is 1.74. The second-order valence-corrected chi connectivity index (χ2v) is 4.37. The molecule has 2 N–H and O–H groups in total. The quantitative estimate of drug-likeness (QED) is 0.642. The van der Waals surface area contributed by atoms with E-state index in [-0.39, 0.29) is 11.5 Å². The number of rotatable bonds is 6. The molecule has 0 fully saturated rings. The zero-order valence-electron chi connectivity index (χ0n) is 10.00. The van der Waals surface area contributed by atoms with Gasteiger partial charge in [0.1, 0.15) is 4.99 Å². The Kier molecular flexibility index (Phi) is 5.06. The van der Waals surface area contributed by atoms with Crippen molar-refractivity contribution in [2.45, 2.75) is 45.3 Å². The summed E-state index contributed by atoms with van der Waals surface area (Å²) in [6.45, 7) is 2.20. The molecule has 0 radical (unpaired) electrons. The van der Waals surface area contributed by atoms with Crippen LogP contribution in [0.4, 0.5) is 13.2 Å². The second-order valence-electron chi connectivity index (χ2n) is 3.93. The number of halogens is 3. The molecule has 0 unspecified atom stereocenters. The summed E-state index contributed by atoms with van der Waals surface area (Å²) in [4.78, 5) is -0.387. The molecule has 0 saturated heterocycles. The molecule has 4 nitrogen and oxygen atoms in total. The average molecular weight is 280 g/mol. The Balaban J connectivity index is 2.88. The van der Waals surface area contributed by atoms with Crippen LogP contribution in [0.1, 0.15) is 44.0 Å². The van der Waals surface area contributed by atoms with Gasteiger partial charge in [-0.3, -0.25) is 0 Å². The second kappa shape index (κ2) is 6.12. The molecule has 1 aromatic rings. The Morgan fingerprint density at radius 1 is 1.33 bits per heavy atom. The van der Waals surface area contributed by atoms with Crippen LogP contribution in [0.3, 0.4) is 0 Å². The number of aryl methyl sites for hydroxylation is 1. The van der Waals surface area contributed by atoms with Gasteiger partial charge in [0.15, 0.2) is 11.4 Å². The smallest absolute Gasteiger partial charge is 0.388 e. The van der Waals surface area contributed by atoms with Gasteiger partial charge in [-0.2, -0.15) is 13.2 Å². The zero-order chi connectivity index (χ0) is 13.8. The first kappa shape index (κ1) is 14.9. The number of nitrogens with zero attached hydrogens (tertiary/aromatic N) is 3. The molecule has 1 aromatic heterocycles. The Morgan fingerprint density at radius 3 is 2.50 bits per heavy atom. The summed E-state index contributed by atoms with van der Waals surface area (Å²) in [6.07, 6.45) is -1.07. The Bertz CT molecular complexity index is 414. The molecule has 0 amide bonds. The molecule has 0 aliphatic carbocycles. The lowest BCUT2D eigenvalue weighted by Crippen LogP contribution is -2.21. The number of thiocarbonyl (C=S) groups is 1. The van der Waals surface area contributed by atoms with E-state index in [0.717, 1.165) is 23.9 Å². The first-order chi connectivity index (χ1) is 8.38. The van der Waals surface area contributed by atoms with Crippen LogP contribution < -0.4 is 5.73 Å². The minimum Gasteiger partial charge on any atom is -0.388 e.